The Kier molecular flexibility index (Phi) is 7.91. The molecular weight excluding hydrogens is 499 g/mol. The van der Waals surface area contributed by atoms with E-state index in [4.69, 9.17) is 4.52 Å². The number of β-amino-alcohol motifs (C(OH)–C–C–N with tert-alkyl or cyclic N) is 1. The van der Waals surface area contributed by atoms with Gasteiger partial charge in [0.2, 0.25) is 11.8 Å². The van der Waals surface area contributed by atoms with Gasteiger partial charge < -0.3 is 19.8 Å². The van der Waals surface area contributed by atoms with E-state index < -0.39 is 53.0 Å². The summed E-state index contributed by atoms with van der Waals surface area (Å²) in [6.07, 6.45) is -0.772. The van der Waals surface area contributed by atoms with Crippen LogP contribution in [0, 0.1) is 30.3 Å². The van der Waals surface area contributed by atoms with Crippen LogP contribution >= 0.6 is 0 Å². The Bertz CT molecular complexity index is 1330. The molecule has 0 saturated carbocycles. The Morgan fingerprint density at radius 1 is 1.08 bits per heavy atom. The third-order valence-electron chi connectivity index (χ3n) is 6.85. The molecule has 1 fully saturated rings. The Balaban J connectivity index is 1.49. The predicted molar refractivity (Wildman–Crippen MR) is 133 cm³/mol. The second-order valence-corrected chi connectivity index (χ2v) is 10.1. The highest BCUT2D eigenvalue weighted by Crippen LogP contribution is 2.32. The number of carbonyl (C=O) groups excluding carboxylic acids is 2. The first-order chi connectivity index (χ1) is 18.0. The first-order valence-electron chi connectivity index (χ1n) is 12.4. The van der Waals surface area contributed by atoms with Gasteiger partial charge in [-0.05, 0) is 43.0 Å². The molecule has 3 aromatic rings. The van der Waals surface area contributed by atoms with Crippen molar-refractivity contribution < 1.29 is 32.4 Å². The van der Waals surface area contributed by atoms with E-state index in [1.54, 1.807) is 32.0 Å². The standard InChI is InChI=1S/C28H30F3N3O4/c1-14(2)24(23-11-15(3)33-38-23)28(37)34-13-19(35)12-22(34)27(36)32-16(4)17-5-7-18(8-6-17)25-20(29)9-10-21(30)26(25)31/h5-11,14,16,19,22,24,35H,12-13H2,1-4H3,(H,32,36)/t16-,19+,22-,24+/m0/s1. The zero-order valence-electron chi connectivity index (χ0n) is 21.5. The Morgan fingerprint density at radius 2 is 1.74 bits per heavy atom. The van der Waals surface area contributed by atoms with Gasteiger partial charge in [0.15, 0.2) is 11.6 Å². The molecule has 1 aromatic heterocycles. The minimum absolute atomic E-state index is 0.0150. The molecule has 202 valence electrons. The molecule has 0 aliphatic carbocycles. The molecule has 0 spiro atoms. The van der Waals surface area contributed by atoms with E-state index in [0.717, 1.165) is 12.1 Å². The summed E-state index contributed by atoms with van der Waals surface area (Å²) in [5.41, 5.74) is 0.952. The summed E-state index contributed by atoms with van der Waals surface area (Å²) in [7, 11) is 0. The second kappa shape index (κ2) is 11.0. The number of aryl methyl sites for hydroxylation is 1. The van der Waals surface area contributed by atoms with Gasteiger partial charge in [0, 0.05) is 19.0 Å². The summed E-state index contributed by atoms with van der Waals surface area (Å²) in [4.78, 5) is 28.2. The van der Waals surface area contributed by atoms with Crippen LogP contribution < -0.4 is 5.32 Å². The van der Waals surface area contributed by atoms with Crippen LogP contribution in [0.15, 0.2) is 47.0 Å². The molecule has 38 heavy (non-hydrogen) atoms. The molecule has 2 amide bonds. The van der Waals surface area contributed by atoms with Crippen molar-refractivity contribution in [3.05, 3.63) is 76.9 Å². The van der Waals surface area contributed by atoms with Gasteiger partial charge in [0.1, 0.15) is 23.5 Å². The summed E-state index contributed by atoms with van der Waals surface area (Å²) in [5, 5.41) is 17.1. The zero-order chi connectivity index (χ0) is 27.7. The second-order valence-electron chi connectivity index (χ2n) is 10.1. The van der Waals surface area contributed by atoms with Crippen molar-refractivity contribution in [2.45, 2.75) is 58.2 Å². The minimum atomic E-state index is -1.27. The van der Waals surface area contributed by atoms with Crippen LogP contribution in [-0.4, -0.2) is 45.7 Å². The van der Waals surface area contributed by atoms with Crippen molar-refractivity contribution in [2.24, 2.45) is 5.92 Å². The summed E-state index contributed by atoms with van der Waals surface area (Å²) < 4.78 is 47.3. The monoisotopic (exact) mass is 529 g/mol. The number of carbonyl (C=O) groups is 2. The smallest absolute Gasteiger partial charge is 0.243 e. The third-order valence-corrected chi connectivity index (χ3v) is 6.85. The molecule has 4 rings (SSSR count). The number of nitrogens with one attached hydrogen (secondary N) is 1. The van der Waals surface area contributed by atoms with Gasteiger partial charge in [0.25, 0.3) is 0 Å². The lowest BCUT2D eigenvalue weighted by atomic mass is 9.91. The van der Waals surface area contributed by atoms with E-state index in [2.05, 4.69) is 10.5 Å². The van der Waals surface area contributed by atoms with Crippen LogP contribution in [-0.2, 0) is 9.59 Å². The number of aliphatic hydroxyl groups excluding tert-OH is 1. The molecule has 1 saturated heterocycles. The average molecular weight is 530 g/mol. The minimum Gasteiger partial charge on any atom is -0.391 e. The predicted octanol–water partition coefficient (Wildman–Crippen LogP) is 4.65. The van der Waals surface area contributed by atoms with Gasteiger partial charge in [-0.3, -0.25) is 9.59 Å². The van der Waals surface area contributed by atoms with Crippen LogP contribution in [0.3, 0.4) is 0 Å². The number of likely N-dealkylation sites (tertiary alicyclic amines) is 1. The lowest BCUT2D eigenvalue weighted by molar-refractivity contribution is -0.141. The van der Waals surface area contributed by atoms with Crippen LogP contribution in [0.5, 0.6) is 0 Å². The fraction of sp³-hybridized carbons (Fsp3) is 0.393. The quantitative estimate of drug-likeness (QED) is 0.435. The number of hydrogen-bond acceptors (Lipinski definition) is 5. The summed E-state index contributed by atoms with van der Waals surface area (Å²) in [6, 6.07) is 7.92. The van der Waals surface area contributed by atoms with E-state index >= 15 is 0 Å². The van der Waals surface area contributed by atoms with Gasteiger partial charge in [-0.1, -0.05) is 43.3 Å². The maximum absolute atomic E-state index is 14.2. The van der Waals surface area contributed by atoms with Crippen LogP contribution in [0.1, 0.15) is 56.2 Å². The van der Waals surface area contributed by atoms with Gasteiger partial charge >= 0.3 is 0 Å². The van der Waals surface area contributed by atoms with Gasteiger partial charge in [-0.15, -0.1) is 0 Å². The fourth-order valence-electron chi connectivity index (χ4n) is 4.87. The van der Waals surface area contributed by atoms with Crippen molar-refractivity contribution in [3.63, 3.8) is 0 Å². The van der Waals surface area contributed by atoms with Crippen molar-refractivity contribution in [1.29, 1.82) is 0 Å². The highest BCUT2D eigenvalue weighted by molar-refractivity contribution is 5.91. The van der Waals surface area contributed by atoms with Crippen LogP contribution in [0.2, 0.25) is 0 Å². The van der Waals surface area contributed by atoms with Gasteiger partial charge in [-0.2, -0.15) is 0 Å². The highest BCUT2D eigenvalue weighted by atomic mass is 19.2. The molecule has 2 N–H and O–H groups in total. The molecule has 2 heterocycles. The average Bonchev–Trinajstić information content (AvgIpc) is 3.47. The molecule has 0 unspecified atom stereocenters. The number of rotatable bonds is 7. The van der Waals surface area contributed by atoms with E-state index in [0.29, 0.717) is 17.0 Å². The first kappa shape index (κ1) is 27.4. The van der Waals surface area contributed by atoms with Gasteiger partial charge in [-0.25, -0.2) is 13.2 Å². The zero-order valence-corrected chi connectivity index (χ0v) is 21.5. The van der Waals surface area contributed by atoms with Crippen molar-refractivity contribution in [2.75, 3.05) is 6.54 Å². The third kappa shape index (κ3) is 5.45. The number of aliphatic hydroxyl groups is 1. The number of hydrogen-bond donors (Lipinski definition) is 2. The molecular formula is C28H30F3N3O4. The lowest BCUT2D eigenvalue weighted by Gasteiger charge is -2.29. The van der Waals surface area contributed by atoms with Crippen LogP contribution in [0.4, 0.5) is 13.2 Å². The van der Waals surface area contributed by atoms with Crippen molar-refractivity contribution in [3.8, 4) is 11.1 Å². The molecule has 1 aliphatic heterocycles. The summed E-state index contributed by atoms with van der Waals surface area (Å²) >= 11 is 0. The number of aromatic nitrogens is 1. The lowest BCUT2D eigenvalue weighted by Crippen LogP contribution is -2.48. The molecule has 1 aliphatic rings. The Labute approximate surface area is 218 Å². The van der Waals surface area contributed by atoms with E-state index in [1.807, 2.05) is 13.8 Å². The first-order valence-corrected chi connectivity index (χ1v) is 12.4. The van der Waals surface area contributed by atoms with E-state index in [-0.39, 0.29) is 30.4 Å². The maximum Gasteiger partial charge on any atom is 0.243 e. The summed E-state index contributed by atoms with van der Waals surface area (Å²) in [5.74, 6) is -4.47. The number of halogens is 3. The van der Waals surface area contributed by atoms with Gasteiger partial charge in [0.05, 0.1) is 23.4 Å². The molecule has 7 nitrogen and oxygen atoms in total. The maximum atomic E-state index is 14.2. The SMILES string of the molecule is Cc1cc([C@H](C(=O)N2C[C@H](O)C[C@H]2C(=O)N[C@@H](C)c2ccc(-c3c(F)ccc(F)c3F)cc2)C(C)C)on1. The van der Waals surface area contributed by atoms with Crippen molar-refractivity contribution >= 4 is 11.8 Å². The normalized spacial score (nSPS) is 19.0. The molecule has 10 heteroatoms. The summed E-state index contributed by atoms with van der Waals surface area (Å²) in [6.45, 7) is 7.23. The largest absolute Gasteiger partial charge is 0.391 e. The molecule has 4 atom stereocenters. The van der Waals surface area contributed by atoms with Crippen molar-refractivity contribution in [1.82, 2.24) is 15.4 Å². The Hall–Kier alpha value is -3.66. The molecule has 2 aromatic carbocycles. The fourth-order valence-corrected chi connectivity index (χ4v) is 4.87. The highest BCUT2D eigenvalue weighted by Gasteiger charge is 2.43. The number of amides is 2. The molecule has 0 bridgehead atoms. The number of benzene rings is 2. The topological polar surface area (TPSA) is 95.7 Å². The molecule has 0 radical (unpaired) electrons. The van der Waals surface area contributed by atoms with Crippen LogP contribution in [0.25, 0.3) is 11.1 Å². The number of nitrogens with zero attached hydrogens (tertiary/aromatic N) is 2. The Morgan fingerprint density at radius 3 is 2.34 bits per heavy atom. The van der Waals surface area contributed by atoms with E-state index in [1.165, 1.54) is 17.0 Å². The van der Waals surface area contributed by atoms with E-state index in [9.17, 15) is 27.9 Å².